The van der Waals surface area contributed by atoms with Crippen LogP contribution in [0.2, 0.25) is 0 Å². The lowest BCUT2D eigenvalue weighted by Gasteiger charge is -2.26. The van der Waals surface area contributed by atoms with E-state index in [9.17, 15) is 14.7 Å². The van der Waals surface area contributed by atoms with Crippen LogP contribution < -0.4 is 9.64 Å². The van der Waals surface area contributed by atoms with Crippen molar-refractivity contribution in [1.82, 2.24) is 0 Å². The number of rotatable bonds is 4. The molecule has 1 aliphatic rings. The third-order valence-corrected chi connectivity index (χ3v) is 5.87. The van der Waals surface area contributed by atoms with Crippen molar-refractivity contribution in [3.05, 3.63) is 100 Å². The van der Waals surface area contributed by atoms with Crippen molar-refractivity contribution in [3.8, 4) is 11.8 Å². The van der Waals surface area contributed by atoms with E-state index in [1.165, 1.54) is 4.90 Å². The minimum absolute atomic E-state index is 0.0169. The molecule has 1 amide bonds. The molecule has 1 N–H and O–H groups in total. The van der Waals surface area contributed by atoms with Gasteiger partial charge in [-0.15, -0.1) is 0 Å². The summed E-state index contributed by atoms with van der Waals surface area (Å²) in [5.74, 6) is -1.10. The van der Waals surface area contributed by atoms with Gasteiger partial charge in [0.25, 0.3) is 11.7 Å². The molecule has 3 aromatic carbocycles. The Labute approximate surface area is 192 Å². The van der Waals surface area contributed by atoms with Crippen LogP contribution in [0.15, 0.2) is 72.3 Å². The fourth-order valence-corrected chi connectivity index (χ4v) is 4.16. The average Bonchev–Trinajstić information content (AvgIpc) is 3.09. The van der Waals surface area contributed by atoms with Gasteiger partial charge in [0.1, 0.15) is 11.5 Å². The van der Waals surface area contributed by atoms with Crippen LogP contribution in [0.5, 0.6) is 5.75 Å². The van der Waals surface area contributed by atoms with Crippen LogP contribution >= 0.6 is 0 Å². The van der Waals surface area contributed by atoms with E-state index in [1.807, 2.05) is 44.2 Å². The van der Waals surface area contributed by atoms with E-state index in [-0.39, 0.29) is 11.3 Å². The monoisotopic (exact) mass is 438 g/mol. The molecule has 1 atom stereocenters. The predicted molar refractivity (Wildman–Crippen MR) is 125 cm³/mol. The van der Waals surface area contributed by atoms with Crippen LogP contribution in [0.1, 0.15) is 33.9 Å². The van der Waals surface area contributed by atoms with E-state index in [0.717, 1.165) is 16.7 Å². The Hall–Kier alpha value is -4.37. The van der Waals surface area contributed by atoms with Crippen molar-refractivity contribution in [1.29, 1.82) is 5.26 Å². The van der Waals surface area contributed by atoms with Gasteiger partial charge in [-0.1, -0.05) is 24.3 Å². The number of benzene rings is 3. The van der Waals surface area contributed by atoms with Gasteiger partial charge >= 0.3 is 0 Å². The maximum Gasteiger partial charge on any atom is 0.300 e. The molecule has 0 bridgehead atoms. The highest BCUT2D eigenvalue weighted by molar-refractivity contribution is 6.51. The van der Waals surface area contributed by atoms with Crippen molar-refractivity contribution in [3.63, 3.8) is 0 Å². The van der Waals surface area contributed by atoms with Gasteiger partial charge in [-0.3, -0.25) is 14.5 Å². The van der Waals surface area contributed by atoms with Crippen LogP contribution in [-0.4, -0.2) is 23.9 Å². The second-order valence-electron chi connectivity index (χ2n) is 7.87. The van der Waals surface area contributed by atoms with E-state index < -0.39 is 17.7 Å². The van der Waals surface area contributed by atoms with Gasteiger partial charge in [-0.05, 0) is 73.0 Å². The number of aliphatic hydroxyl groups excluding tert-OH is 1. The number of carbonyl (C=O) groups is 2. The predicted octanol–water partition coefficient (Wildman–Crippen LogP) is 4.81. The van der Waals surface area contributed by atoms with E-state index in [2.05, 4.69) is 0 Å². The highest BCUT2D eigenvalue weighted by atomic mass is 16.5. The number of hydrogen-bond donors (Lipinski definition) is 1. The molecule has 0 saturated carbocycles. The zero-order valence-electron chi connectivity index (χ0n) is 18.5. The lowest BCUT2D eigenvalue weighted by molar-refractivity contribution is -0.132. The molecule has 1 unspecified atom stereocenters. The van der Waals surface area contributed by atoms with Crippen molar-refractivity contribution in [2.75, 3.05) is 12.0 Å². The first kappa shape index (κ1) is 21.8. The second-order valence-corrected chi connectivity index (χ2v) is 7.87. The molecule has 0 aliphatic carbocycles. The number of ketones is 1. The summed E-state index contributed by atoms with van der Waals surface area (Å²) in [6, 6.07) is 20.2. The fourth-order valence-electron chi connectivity index (χ4n) is 4.16. The number of carbonyl (C=O) groups excluding carboxylic acids is 2. The molecular weight excluding hydrogens is 416 g/mol. The van der Waals surface area contributed by atoms with Crippen LogP contribution in [0.3, 0.4) is 0 Å². The smallest absolute Gasteiger partial charge is 0.300 e. The number of amides is 1. The Morgan fingerprint density at radius 3 is 2.30 bits per heavy atom. The van der Waals surface area contributed by atoms with E-state index >= 15 is 0 Å². The molecule has 3 aromatic rings. The Balaban J connectivity index is 1.95. The average molecular weight is 438 g/mol. The molecule has 6 heteroatoms. The normalized spacial score (nSPS) is 17.2. The zero-order chi connectivity index (χ0) is 23.7. The molecule has 164 valence electrons. The summed E-state index contributed by atoms with van der Waals surface area (Å²) >= 11 is 0. The second kappa shape index (κ2) is 8.64. The Bertz CT molecular complexity index is 1330. The molecular formula is C27H22N2O4. The quantitative estimate of drug-likeness (QED) is 0.359. The van der Waals surface area contributed by atoms with E-state index in [0.29, 0.717) is 22.6 Å². The van der Waals surface area contributed by atoms with Crippen LogP contribution in [0, 0.1) is 25.2 Å². The first-order chi connectivity index (χ1) is 15.9. The van der Waals surface area contributed by atoms with Gasteiger partial charge in [0.2, 0.25) is 0 Å². The van der Waals surface area contributed by atoms with E-state index in [1.54, 1.807) is 49.6 Å². The van der Waals surface area contributed by atoms with Crippen molar-refractivity contribution >= 4 is 23.1 Å². The van der Waals surface area contributed by atoms with Crippen LogP contribution in [0.25, 0.3) is 5.76 Å². The first-order valence-corrected chi connectivity index (χ1v) is 10.4. The molecule has 4 rings (SSSR count). The highest BCUT2D eigenvalue weighted by Gasteiger charge is 2.47. The maximum absolute atomic E-state index is 13.2. The Morgan fingerprint density at radius 1 is 1.00 bits per heavy atom. The number of aryl methyl sites for hydroxylation is 2. The van der Waals surface area contributed by atoms with Crippen LogP contribution in [0.4, 0.5) is 5.69 Å². The van der Waals surface area contributed by atoms with Crippen LogP contribution in [-0.2, 0) is 9.59 Å². The SMILES string of the molecule is COc1ccc(/C(O)=C2\C(=O)C(=O)N(c3ccc(C#N)cc3)C2c2ccccc2C)cc1C. The minimum Gasteiger partial charge on any atom is -0.507 e. The summed E-state index contributed by atoms with van der Waals surface area (Å²) < 4.78 is 5.29. The van der Waals surface area contributed by atoms with Crippen molar-refractivity contribution < 1.29 is 19.4 Å². The van der Waals surface area contributed by atoms with Crippen molar-refractivity contribution in [2.24, 2.45) is 0 Å². The summed E-state index contributed by atoms with van der Waals surface area (Å²) in [5, 5.41) is 20.4. The summed E-state index contributed by atoms with van der Waals surface area (Å²) in [6.07, 6.45) is 0. The van der Waals surface area contributed by atoms with Gasteiger partial charge in [0.05, 0.1) is 30.4 Å². The summed E-state index contributed by atoms with van der Waals surface area (Å²) in [4.78, 5) is 27.8. The standard InChI is InChI=1S/C27H22N2O4/c1-16-6-4-5-7-21(16)24-23(25(30)19-10-13-22(33-3)17(2)14-19)26(31)27(32)29(24)20-11-8-18(15-28)9-12-20/h4-14,24,30H,1-3H3/b25-23+. The molecule has 1 heterocycles. The number of methoxy groups -OCH3 is 1. The third-order valence-electron chi connectivity index (χ3n) is 5.87. The summed E-state index contributed by atoms with van der Waals surface area (Å²) in [6.45, 7) is 3.73. The number of aliphatic hydroxyl groups is 1. The first-order valence-electron chi connectivity index (χ1n) is 10.4. The molecule has 0 spiro atoms. The molecule has 0 radical (unpaired) electrons. The highest BCUT2D eigenvalue weighted by Crippen LogP contribution is 2.43. The zero-order valence-corrected chi connectivity index (χ0v) is 18.5. The van der Waals surface area contributed by atoms with Gasteiger partial charge in [0.15, 0.2) is 0 Å². The number of Topliss-reactive ketones (excluding diaryl/α,β-unsaturated/α-hetero) is 1. The number of nitrogens with zero attached hydrogens (tertiary/aromatic N) is 2. The molecule has 1 saturated heterocycles. The largest absolute Gasteiger partial charge is 0.507 e. The maximum atomic E-state index is 13.2. The van der Waals surface area contributed by atoms with E-state index in [4.69, 9.17) is 10.00 Å². The lowest BCUT2D eigenvalue weighted by Crippen LogP contribution is -2.29. The fraction of sp³-hybridized carbons (Fsp3) is 0.148. The topological polar surface area (TPSA) is 90.6 Å². The Kier molecular flexibility index (Phi) is 5.72. The third kappa shape index (κ3) is 3.74. The number of ether oxygens (including phenoxy) is 1. The summed E-state index contributed by atoms with van der Waals surface area (Å²) in [5.41, 5.74) is 3.74. The number of hydrogen-bond acceptors (Lipinski definition) is 5. The van der Waals surface area contributed by atoms with Gasteiger partial charge in [0, 0.05) is 11.3 Å². The van der Waals surface area contributed by atoms with Gasteiger partial charge < -0.3 is 9.84 Å². The van der Waals surface area contributed by atoms with Gasteiger partial charge in [-0.25, -0.2) is 0 Å². The molecule has 6 nitrogen and oxygen atoms in total. The van der Waals surface area contributed by atoms with Gasteiger partial charge in [-0.2, -0.15) is 5.26 Å². The number of anilines is 1. The Morgan fingerprint density at radius 2 is 1.70 bits per heavy atom. The summed E-state index contributed by atoms with van der Waals surface area (Å²) in [7, 11) is 1.56. The molecule has 0 aromatic heterocycles. The number of nitriles is 1. The molecule has 1 aliphatic heterocycles. The molecule has 1 fully saturated rings. The minimum atomic E-state index is -0.818. The molecule has 33 heavy (non-hydrogen) atoms. The van der Waals surface area contributed by atoms with Crippen molar-refractivity contribution in [2.45, 2.75) is 19.9 Å². The lowest BCUT2D eigenvalue weighted by atomic mass is 9.92.